The maximum atomic E-state index is 12.5. The predicted octanol–water partition coefficient (Wildman–Crippen LogP) is 6.60. The molecule has 4 aromatic carbocycles. The number of fused-ring (bicyclic) bond motifs is 1. The van der Waals surface area contributed by atoms with Crippen LogP contribution in [0, 0.1) is 0 Å². The van der Waals surface area contributed by atoms with Crippen LogP contribution in [0.2, 0.25) is 0 Å². The van der Waals surface area contributed by atoms with Crippen LogP contribution in [-0.4, -0.2) is 33.0 Å². The smallest absolute Gasteiger partial charge is 0.343 e. The minimum atomic E-state index is -0.386. The van der Waals surface area contributed by atoms with Crippen molar-refractivity contribution in [3.63, 3.8) is 0 Å². The van der Waals surface area contributed by atoms with Gasteiger partial charge in [-0.25, -0.2) is 4.79 Å². The lowest BCUT2D eigenvalue weighted by Crippen LogP contribution is -2.15. The number of carbonyl (C=O) groups is 1. The fraction of sp³-hybridized carbons (Fsp3) is 0.182. The van der Waals surface area contributed by atoms with E-state index in [1.807, 2.05) is 73.8 Å². The summed E-state index contributed by atoms with van der Waals surface area (Å²) in [4.78, 5) is 12.5. The molecule has 0 radical (unpaired) electrons. The second kappa shape index (κ2) is 12.3. The molecule has 1 aliphatic heterocycles. The van der Waals surface area contributed by atoms with Gasteiger partial charge in [-0.05, 0) is 89.8 Å². The Bertz CT molecular complexity index is 1440. The summed E-state index contributed by atoms with van der Waals surface area (Å²) in [6.07, 6.45) is 0.792. The second-order valence-electron chi connectivity index (χ2n) is 9.03. The Balaban J connectivity index is 1.51. The fourth-order valence-electron chi connectivity index (χ4n) is 4.54. The SMILES string of the molecule is CCC(=C(c1ccc(OCCNC)cc1)c1ccc(OC(=O)c2ccccc2)cc1)c1ccc2c(c1)OCO2. The quantitative estimate of drug-likeness (QED) is 0.110. The monoisotopic (exact) mass is 521 g/mol. The normalized spacial score (nSPS) is 12.6. The van der Waals surface area contributed by atoms with E-state index in [0.29, 0.717) is 17.9 Å². The Kier molecular flexibility index (Phi) is 8.24. The number of ether oxygens (including phenoxy) is 4. The minimum absolute atomic E-state index is 0.231. The van der Waals surface area contributed by atoms with Crippen LogP contribution in [0.4, 0.5) is 0 Å². The summed E-state index contributed by atoms with van der Waals surface area (Å²) >= 11 is 0. The zero-order valence-electron chi connectivity index (χ0n) is 22.1. The van der Waals surface area contributed by atoms with E-state index in [4.69, 9.17) is 18.9 Å². The number of nitrogens with one attached hydrogen (secondary N) is 1. The van der Waals surface area contributed by atoms with E-state index >= 15 is 0 Å². The third kappa shape index (κ3) is 6.13. The minimum Gasteiger partial charge on any atom is -0.492 e. The highest BCUT2D eigenvalue weighted by molar-refractivity contribution is 5.99. The summed E-state index contributed by atoms with van der Waals surface area (Å²) in [7, 11) is 1.90. The van der Waals surface area contributed by atoms with Crippen molar-refractivity contribution in [1.82, 2.24) is 5.32 Å². The Hall–Kier alpha value is -4.55. The van der Waals surface area contributed by atoms with Crippen molar-refractivity contribution < 1.29 is 23.7 Å². The van der Waals surface area contributed by atoms with Gasteiger partial charge in [-0.3, -0.25) is 0 Å². The van der Waals surface area contributed by atoms with Crippen molar-refractivity contribution in [2.24, 2.45) is 0 Å². The molecule has 0 amide bonds. The number of hydrogen-bond acceptors (Lipinski definition) is 6. The van der Waals surface area contributed by atoms with Crippen LogP contribution in [-0.2, 0) is 0 Å². The summed E-state index contributed by atoms with van der Waals surface area (Å²) in [5.41, 5.74) is 5.87. The largest absolute Gasteiger partial charge is 0.492 e. The van der Waals surface area contributed by atoms with Gasteiger partial charge in [-0.2, -0.15) is 0 Å². The number of esters is 1. The zero-order chi connectivity index (χ0) is 27.0. The van der Waals surface area contributed by atoms with Gasteiger partial charge in [0.25, 0.3) is 0 Å². The molecular formula is C33H31NO5. The molecule has 1 aliphatic rings. The fourth-order valence-corrected chi connectivity index (χ4v) is 4.54. The number of hydrogen-bond donors (Lipinski definition) is 1. The first-order chi connectivity index (χ1) is 19.2. The van der Waals surface area contributed by atoms with Crippen molar-refractivity contribution in [1.29, 1.82) is 0 Å². The molecule has 0 atom stereocenters. The number of likely N-dealkylation sites (N-methyl/N-ethyl adjacent to an activating group) is 1. The summed E-state index contributed by atoms with van der Waals surface area (Å²) in [5.74, 6) is 2.42. The highest BCUT2D eigenvalue weighted by Gasteiger charge is 2.18. The molecule has 1 N–H and O–H groups in total. The molecule has 0 aromatic heterocycles. The molecule has 198 valence electrons. The first kappa shape index (κ1) is 26.1. The van der Waals surface area contributed by atoms with Gasteiger partial charge < -0.3 is 24.3 Å². The summed E-state index contributed by atoms with van der Waals surface area (Å²) in [6, 6.07) is 30.8. The highest BCUT2D eigenvalue weighted by Crippen LogP contribution is 2.40. The number of benzene rings is 4. The van der Waals surface area contributed by atoms with Crippen LogP contribution in [0.15, 0.2) is 97.1 Å². The molecular weight excluding hydrogens is 490 g/mol. The third-order valence-electron chi connectivity index (χ3n) is 6.50. The molecule has 0 saturated heterocycles. The van der Waals surface area contributed by atoms with Gasteiger partial charge >= 0.3 is 5.97 Å². The molecule has 0 aliphatic carbocycles. The van der Waals surface area contributed by atoms with Crippen LogP contribution in [0.5, 0.6) is 23.0 Å². The van der Waals surface area contributed by atoms with Gasteiger partial charge in [0, 0.05) is 6.54 Å². The van der Waals surface area contributed by atoms with E-state index in [2.05, 4.69) is 30.4 Å². The topological polar surface area (TPSA) is 66.0 Å². The van der Waals surface area contributed by atoms with Gasteiger partial charge in [-0.15, -0.1) is 0 Å². The van der Waals surface area contributed by atoms with Crippen LogP contribution in [0.1, 0.15) is 40.4 Å². The second-order valence-corrected chi connectivity index (χ2v) is 9.03. The molecule has 6 nitrogen and oxygen atoms in total. The summed E-state index contributed by atoms with van der Waals surface area (Å²) < 4.78 is 22.6. The predicted molar refractivity (Wildman–Crippen MR) is 152 cm³/mol. The van der Waals surface area contributed by atoms with Gasteiger partial charge in [0.1, 0.15) is 18.1 Å². The highest BCUT2D eigenvalue weighted by atomic mass is 16.7. The van der Waals surface area contributed by atoms with E-state index < -0.39 is 0 Å². The average Bonchev–Trinajstić information content (AvgIpc) is 3.46. The number of rotatable bonds is 10. The van der Waals surface area contributed by atoms with Crippen molar-refractivity contribution >= 4 is 17.1 Å². The van der Waals surface area contributed by atoms with E-state index in [0.717, 1.165) is 58.1 Å². The van der Waals surface area contributed by atoms with E-state index in [9.17, 15) is 4.79 Å². The third-order valence-corrected chi connectivity index (χ3v) is 6.50. The summed E-state index contributed by atoms with van der Waals surface area (Å²) in [5, 5.41) is 3.09. The number of allylic oxidation sites excluding steroid dienone is 1. The zero-order valence-corrected chi connectivity index (χ0v) is 22.1. The molecule has 0 unspecified atom stereocenters. The van der Waals surface area contributed by atoms with Crippen molar-refractivity contribution in [3.8, 4) is 23.0 Å². The first-order valence-electron chi connectivity index (χ1n) is 13.0. The van der Waals surface area contributed by atoms with E-state index in [1.54, 1.807) is 12.1 Å². The molecule has 6 heteroatoms. The molecule has 0 spiro atoms. The molecule has 39 heavy (non-hydrogen) atoms. The first-order valence-corrected chi connectivity index (χ1v) is 13.0. The van der Waals surface area contributed by atoms with Crippen LogP contribution < -0.4 is 24.3 Å². The Labute approximate surface area is 228 Å². The standard InChI is InChI=1S/C33H31NO5/c1-3-29(26-13-18-30-31(21-26)38-22-37-30)32(23-9-14-27(15-10-23)36-20-19-34-2)24-11-16-28(17-12-24)39-33(35)25-7-5-4-6-8-25/h4-18,21,34H,3,19-20,22H2,1-2H3. The van der Waals surface area contributed by atoms with Crippen LogP contribution in [0.25, 0.3) is 11.1 Å². The molecule has 4 aromatic rings. The van der Waals surface area contributed by atoms with Crippen molar-refractivity contribution in [2.75, 3.05) is 27.0 Å². The van der Waals surface area contributed by atoms with E-state index in [1.165, 1.54) is 0 Å². The van der Waals surface area contributed by atoms with Gasteiger partial charge in [-0.1, -0.05) is 55.5 Å². The molecule has 1 heterocycles. The summed E-state index contributed by atoms with van der Waals surface area (Å²) in [6.45, 7) is 3.75. The Morgan fingerprint density at radius 3 is 2.08 bits per heavy atom. The lowest BCUT2D eigenvalue weighted by molar-refractivity contribution is 0.0734. The van der Waals surface area contributed by atoms with Crippen molar-refractivity contribution in [3.05, 3.63) is 119 Å². The molecule has 0 saturated carbocycles. The Morgan fingerprint density at radius 1 is 0.769 bits per heavy atom. The molecule has 5 rings (SSSR count). The maximum Gasteiger partial charge on any atom is 0.343 e. The van der Waals surface area contributed by atoms with Crippen LogP contribution >= 0.6 is 0 Å². The average molecular weight is 522 g/mol. The number of carbonyl (C=O) groups excluding carboxylic acids is 1. The molecule has 0 bridgehead atoms. The van der Waals surface area contributed by atoms with Gasteiger partial charge in [0.2, 0.25) is 6.79 Å². The van der Waals surface area contributed by atoms with Gasteiger partial charge in [0.15, 0.2) is 11.5 Å². The van der Waals surface area contributed by atoms with Crippen molar-refractivity contribution in [2.45, 2.75) is 13.3 Å². The van der Waals surface area contributed by atoms with E-state index in [-0.39, 0.29) is 12.8 Å². The van der Waals surface area contributed by atoms with Crippen LogP contribution in [0.3, 0.4) is 0 Å². The Morgan fingerprint density at radius 2 is 1.41 bits per heavy atom. The lowest BCUT2D eigenvalue weighted by atomic mass is 9.88. The maximum absolute atomic E-state index is 12.5. The molecule has 0 fully saturated rings. The van der Waals surface area contributed by atoms with Gasteiger partial charge in [0.05, 0.1) is 5.56 Å². The lowest BCUT2D eigenvalue weighted by Gasteiger charge is -2.17.